The summed E-state index contributed by atoms with van der Waals surface area (Å²) in [5, 5.41) is 26.3. The molecule has 3 amide bonds. The fourth-order valence-corrected chi connectivity index (χ4v) is 3.08. The van der Waals surface area contributed by atoms with E-state index in [1.54, 1.807) is 13.8 Å². The molecule has 0 fully saturated rings. The molecule has 5 unspecified atom stereocenters. The van der Waals surface area contributed by atoms with Gasteiger partial charge in [-0.15, -0.1) is 0 Å². The van der Waals surface area contributed by atoms with E-state index in [9.17, 15) is 29.4 Å². The van der Waals surface area contributed by atoms with Gasteiger partial charge in [0.15, 0.2) is 0 Å². The highest BCUT2D eigenvalue weighted by molar-refractivity contribution is 5.94. The zero-order chi connectivity index (χ0) is 25.4. The van der Waals surface area contributed by atoms with Crippen molar-refractivity contribution >= 4 is 23.7 Å². The topological polar surface area (TPSA) is 223 Å². The van der Waals surface area contributed by atoms with Crippen LogP contribution in [0.5, 0.6) is 0 Å². The van der Waals surface area contributed by atoms with Gasteiger partial charge in [0.1, 0.15) is 18.1 Å². The second-order valence-corrected chi connectivity index (χ2v) is 8.19. The Bertz CT molecular complexity index is 620. The first-order chi connectivity index (χ1) is 15.6. The van der Waals surface area contributed by atoms with Gasteiger partial charge in [-0.05, 0) is 51.1 Å². The van der Waals surface area contributed by atoms with Crippen LogP contribution >= 0.6 is 0 Å². The van der Waals surface area contributed by atoms with Crippen molar-refractivity contribution < 1.29 is 29.4 Å². The maximum absolute atomic E-state index is 12.8. The van der Waals surface area contributed by atoms with Crippen LogP contribution in [0, 0.1) is 5.92 Å². The van der Waals surface area contributed by atoms with Crippen molar-refractivity contribution in [2.75, 3.05) is 19.7 Å². The maximum Gasteiger partial charge on any atom is 0.326 e. The number of hydrogen-bond donors (Lipinski definition) is 8. The standard InChI is InChI=1S/C21H42N6O6/c1-3-13(2)17(21(32)33)27-20(31)16(12-28)26-19(30)15(9-5-7-11-23)25-18(29)14(24)8-4-6-10-22/h13-17,28H,3-12,22-24H2,1-2H3,(H,25,29)(H,26,30)(H,27,31)(H,32,33). The van der Waals surface area contributed by atoms with E-state index < -0.39 is 54.5 Å². The van der Waals surface area contributed by atoms with E-state index in [2.05, 4.69) is 16.0 Å². The smallest absolute Gasteiger partial charge is 0.326 e. The Morgan fingerprint density at radius 1 is 0.818 bits per heavy atom. The number of carboxylic acid groups (broad SMARTS) is 1. The summed E-state index contributed by atoms with van der Waals surface area (Å²) in [5.74, 6) is -3.59. The second-order valence-electron chi connectivity index (χ2n) is 8.19. The molecule has 12 nitrogen and oxygen atoms in total. The summed E-state index contributed by atoms with van der Waals surface area (Å²) >= 11 is 0. The minimum Gasteiger partial charge on any atom is -0.480 e. The van der Waals surface area contributed by atoms with Crippen molar-refractivity contribution in [2.24, 2.45) is 23.1 Å². The number of carboxylic acids is 1. The number of rotatable bonds is 18. The number of carbonyl (C=O) groups is 4. The Labute approximate surface area is 195 Å². The van der Waals surface area contributed by atoms with E-state index in [1.807, 2.05) is 0 Å². The van der Waals surface area contributed by atoms with Gasteiger partial charge in [0.25, 0.3) is 0 Å². The average Bonchev–Trinajstić information content (AvgIpc) is 2.79. The Hall–Kier alpha value is -2.28. The summed E-state index contributed by atoms with van der Waals surface area (Å²) in [4.78, 5) is 49.2. The Morgan fingerprint density at radius 3 is 1.82 bits per heavy atom. The second kappa shape index (κ2) is 17.2. The van der Waals surface area contributed by atoms with Crippen LogP contribution in [0.25, 0.3) is 0 Å². The number of nitrogens with two attached hydrogens (primary N) is 3. The molecule has 33 heavy (non-hydrogen) atoms. The molecular weight excluding hydrogens is 432 g/mol. The fourth-order valence-electron chi connectivity index (χ4n) is 3.08. The molecule has 12 heteroatoms. The number of aliphatic hydroxyl groups is 1. The summed E-state index contributed by atoms with van der Waals surface area (Å²) in [6.07, 6.45) is 3.74. The van der Waals surface area contributed by atoms with Crippen LogP contribution in [0.1, 0.15) is 58.8 Å². The van der Waals surface area contributed by atoms with Crippen LogP contribution < -0.4 is 33.2 Å². The molecule has 192 valence electrons. The van der Waals surface area contributed by atoms with Crippen molar-refractivity contribution in [3.63, 3.8) is 0 Å². The number of unbranched alkanes of at least 4 members (excludes halogenated alkanes) is 2. The van der Waals surface area contributed by atoms with Gasteiger partial charge in [-0.2, -0.15) is 0 Å². The van der Waals surface area contributed by atoms with Crippen molar-refractivity contribution in [3.05, 3.63) is 0 Å². The highest BCUT2D eigenvalue weighted by atomic mass is 16.4. The summed E-state index contributed by atoms with van der Waals surface area (Å²) in [6.45, 7) is 3.61. The predicted molar refractivity (Wildman–Crippen MR) is 124 cm³/mol. The van der Waals surface area contributed by atoms with E-state index in [1.165, 1.54) is 0 Å². The van der Waals surface area contributed by atoms with Crippen LogP contribution in [0.3, 0.4) is 0 Å². The van der Waals surface area contributed by atoms with E-state index in [-0.39, 0.29) is 12.3 Å². The number of hydrogen-bond acceptors (Lipinski definition) is 8. The minimum atomic E-state index is -1.38. The van der Waals surface area contributed by atoms with Gasteiger partial charge in [-0.1, -0.05) is 26.7 Å². The number of aliphatic carboxylic acids is 1. The predicted octanol–water partition coefficient (Wildman–Crippen LogP) is -1.85. The van der Waals surface area contributed by atoms with Crippen LogP contribution in [0.15, 0.2) is 0 Å². The molecule has 11 N–H and O–H groups in total. The number of amides is 3. The molecule has 0 spiro atoms. The third-order valence-corrected chi connectivity index (χ3v) is 5.48. The van der Waals surface area contributed by atoms with Crippen molar-refractivity contribution in [2.45, 2.75) is 83.0 Å². The molecule has 0 rings (SSSR count). The highest BCUT2D eigenvalue weighted by Gasteiger charge is 2.31. The van der Waals surface area contributed by atoms with Gasteiger partial charge in [-0.25, -0.2) is 4.79 Å². The van der Waals surface area contributed by atoms with Gasteiger partial charge in [0.2, 0.25) is 17.7 Å². The molecule has 0 aliphatic heterocycles. The molecule has 0 aliphatic carbocycles. The molecular formula is C21H42N6O6. The Kier molecular flexibility index (Phi) is 16.0. The molecule has 0 aliphatic rings. The van der Waals surface area contributed by atoms with E-state index in [4.69, 9.17) is 17.2 Å². The van der Waals surface area contributed by atoms with Gasteiger partial charge in [-0.3, -0.25) is 14.4 Å². The van der Waals surface area contributed by atoms with Crippen LogP contribution in [-0.4, -0.2) is 77.8 Å². The largest absolute Gasteiger partial charge is 0.480 e. The van der Waals surface area contributed by atoms with E-state index in [0.717, 1.165) is 6.42 Å². The number of nitrogens with one attached hydrogen (secondary N) is 3. The third-order valence-electron chi connectivity index (χ3n) is 5.48. The molecule has 0 bridgehead atoms. The lowest BCUT2D eigenvalue weighted by Crippen LogP contribution is -2.58. The lowest BCUT2D eigenvalue weighted by Gasteiger charge is -2.25. The molecule has 0 aromatic carbocycles. The highest BCUT2D eigenvalue weighted by Crippen LogP contribution is 2.09. The van der Waals surface area contributed by atoms with E-state index in [0.29, 0.717) is 45.2 Å². The Morgan fingerprint density at radius 2 is 1.33 bits per heavy atom. The van der Waals surface area contributed by atoms with Crippen molar-refractivity contribution in [1.82, 2.24) is 16.0 Å². The molecule has 0 heterocycles. The SMILES string of the molecule is CCC(C)C(NC(=O)C(CO)NC(=O)C(CCCCN)NC(=O)C(N)CCCCN)C(=O)O. The molecule has 0 radical (unpaired) electrons. The maximum atomic E-state index is 12.8. The molecule has 0 aromatic heterocycles. The molecule has 0 saturated carbocycles. The number of carbonyl (C=O) groups excluding carboxylic acids is 3. The lowest BCUT2D eigenvalue weighted by molar-refractivity contribution is -0.144. The molecule has 5 atom stereocenters. The van der Waals surface area contributed by atoms with Crippen molar-refractivity contribution in [3.8, 4) is 0 Å². The first-order valence-electron chi connectivity index (χ1n) is 11.5. The number of aliphatic hydroxyl groups excluding tert-OH is 1. The molecule has 0 aromatic rings. The third kappa shape index (κ3) is 11.9. The summed E-state index contributed by atoms with van der Waals surface area (Å²) < 4.78 is 0. The summed E-state index contributed by atoms with van der Waals surface area (Å²) in [5.41, 5.74) is 16.8. The lowest BCUT2D eigenvalue weighted by atomic mass is 9.99. The van der Waals surface area contributed by atoms with Gasteiger partial charge in [0.05, 0.1) is 12.6 Å². The first-order valence-corrected chi connectivity index (χ1v) is 11.5. The van der Waals surface area contributed by atoms with Gasteiger partial charge in [0, 0.05) is 0 Å². The van der Waals surface area contributed by atoms with Crippen LogP contribution in [0.4, 0.5) is 0 Å². The van der Waals surface area contributed by atoms with Gasteiger partial charge >= 0.3 is 5.97 Å². The van der Waals surface area contributed by atoms with Crippen LogP contribution in [-0.2, 0) is 19.2 Å². The van der Waals surface area contributed by atoms with E-state index >= 15 is 0 Å². The first kappa shape index (κ1) is 30.7. The Balaban J connectivity index is 5.22. The fraction of sp³-hybridized carbons (Fsp3) is 0.810. The minimum absolute atomic E-state index is 0.259. The molecule has 0 saturated heterocycles. The zero-order valence-corrected chi connectivity index (χ0v) is 19.7. The monoisotopic (exact) mass is 474 g/mol. The quantitative estimate of drug-likeness (QED) is 0.104. The normalized spacial score (nSPS) is 15.6. The zero-order valence-electron chi connectivity index (χ0n) is 19.7. The average molecular weight is 475 g/mol. The van der Waals surface area contributed by atoms with Gasteiger partial charge < -0.3 is 43.4 Å². The summed E-state index contributed by atoms with van der Waals surface area (Å²) in [6, 6.07) is -4.35. The van der Waals surface area contributed by atoms with Crippen molar-refractivity contribution in [1.29, 1.82) is 0 Å². The van der Waals surface area contributed by atoms with Crippen LogP contribution in [0.2, 0.25) is 0 Å². The summed E-state index contributed by atoms with van der Waals surface area (Å²) in [7, 11) is 0.